The quantitative estimate of drug-likeness (QED) is 0.158. The average molecular weight is 640 g/mol. The summed E-state index contributed by atoms with van der Waals surface area (Å²) in [7, 11) is 1.78. The van der Waals surface area contributed by atoms with E-state index in [9.17, 15) is 10.1 Å². The summed E-state index contributed by atoms with van der Waals surface area (Å²) < 4.78 is 18.3. The van der Waals surface area contributed by atoms with Gasteiger partial charge in [-0.25, -0.2) is 0 Å². The standard InChI is InChI=1S/C29H26IN3O4S/c1-4-35-23-12-10-22(11-13-23)33-28(34)25(32(3)29(33)38)15-19-14-24(30)27(26(16-19)36-5-2)37-18-21-9-7-6-8-20(21)17-31/h6-16H,4-5,18H2,1-3H3/b25-15-. The monoisotopic (exact) mass is 639 g/mol. The van der Waals surface area contributed by atoms with E-state index in [-0.39, 0.29) is 12.5 Å². The minimum atomic E-state index is -0.219. The first kappa shape index (κ1) is 27.4. The number of anilines is 1. The van der Waals surface area contributed by atoms with Crippen molar-refractivity contribution in [1.29, 1.82) is 5.26 Å². The Labute approximate surface area is 241 Å². The van der Waals surface area contributed by atoms with Gasteiger partial charge in [-0.1, -0.05) is 18.2 Å². The fourth-order valence-electron chi connectivity index (χ4n) is 3.98. The lowest BCUT2D eigenvalue weighted by molar-refractivity contribution is -0.114. The number of nitriles is 1. The molecular formula is C29H26IN3O4S. The van der Waals surface area contributed by atoms with Crippen molar-refractivity contribution in [2.45, 2.75) is 20.5 Å². The number of carbonyl (C=O) groups is 1. The number of hydrogen-bond acceptors (Lipinski definition) is 6. The lowest BCUT2D eigenvalue weighted by Crippen LogP contribution is -2.31. The molecule has 0 aliphatic carbocycles. The molecule has 0 saturated carbocycles. The molecule has 3 aromatic carbocycles. The SMILES string of the molecule is CCOc1ccc(N2C(=O)/C(=C/c3cc(I)c(OCc4ccccc4C#N)c(OCC)c3)N(C)C2=S)cc1. The third-order valence-corrected chi connectivity index (χ3v) is 7.07. The van der Waals surface area contributed by atoms with Crippen LogP contribution in [-0.4, -0.2) is 36.2 Å². The highest BCUT2D eigenvalue weighted by molar-refractivity contribution is 14.1. The molecule has 1 saturated heterocycles. The van der Waals surface area contributed by atoms with E-state index in [0.29, 0.717) is 46.8 Å². The zero-order chi connectivity index (χ0) is 27.2. The molecule has 1 heterocycles. The lowest BCUT2D eigenvalue weighted by Gasteiger charge is -2.17. The second-order valence-electron chi connectivity index (χ2n) is 8.26. The number of thiocarbonyl (C=S) groups is 1. The van der Waals surface area contributed by atoms with Crippen molar-refractivity contribution >= 4 is 57.6 Å². The first-order chi connectivity index (χ1) is 18.4. The Morgan fingerprint density at radius 2 is 1.74 bits per heavy atom. The van der Waals surface area contributed by atoms with Crippen LogP contribution in [0.4, 0.5) is 5.69 Å². The van der Waals surface area contributed by atoms with Gasteiger partial charge < -0.3 is 19.1 Å². The molecule has 1 amide bonds. The molecule has 0 N–H and O–H groups in total. The second kappa shape index (κ2) is 12.3. The minimum Gasteiger partial charge on any atom is -0.494 e. The first-order valence-electron chi connectivity index (χ1n) is 12.0. The molecule has 0 spiro atoms. The van der Waals surface area contributed by atoms with Crippen LogP contribution < -0.4 is 19.1 Å². The van der Waals surface area contributed by atoms with Gasteiger partial charge in [-0.15, -0.1) is 0 Å². The molecule has 0 aromatic heterocycles. The predicted molar refractivity (Wildman–Crippen MR) is 159 cm³/mol. The number of halogens is 1. The van der Waals surface area contributed by atoms with Gasteiger partial charge in [0.1, 0.15) is 18.1 Å². The first-order valence-corrected chi connectivity index (χ1v) is 13.5. The number of benzene rings is 3. The van der Waals surface area contributed by atoms with Gasteiger partial charge in [-0.3, -0.25) is 9.69 Å². The highest BCUT2D eigenvalue weighted by Crippen LogP contribution is 2.37. The van der Waals surface area contributed by atoms with Gasteiger partial charge in [0, 0.05) is 12.6 Å². The summed E-state index contributed by atoms with van der Waals surface area (Å²) in [6, 6.07) is 20.6. The normalized spacial score (nSPS) is 14.1. The number of likely N-dealkylation sites (N-methyl/N-ethyl adjacent to an activating group) is 1. The molecule has 0 atom stereocenters. The van der Waals surface area contributed by atoms with Crippen LogP contribution in [0.15, 0.2) is 66.4 Å². The van der Waals surface area contributed by atoms with Gasteiger partial charge in [0.25, 0.3) is 5.91 Å². The summed E-state index contributed by atoms with van der Waals surface area (Å²) >= 11 is 7.80. The van der Waals surface area contributed by atoms with Crippen LogP contribution >= 0.6 is 34.8 Å². The summed E-state index contributed by atoms with van der Waals surface area (Å²) in [5, 5.41) is 9.77. The fourth-order valence-corrected chi connectivity index (χ4v) is 5.05. The van der Waals surface area contributed by atoms with Crippen molar-refractivity contribution in [1.82, 2.24) is 4.90 Å². The Morgan fingerprint density at radius 3 is 2.42 bits per heavy atom. The summed E-state index contributed by atoms with van der Waals surface area (Å²) in [6.45, 7) is 5.05. The maximum Gasteiger partial charge on any atom is 0.281 e. The van der Waals surface area contributed by atoms with Crippen molar-refractivity contribution in [3.05, 3.63) is 86.6 Å². The topological polar surface area (TPSA) is 75.0 Å². The van der Waals surface area contributed by atoms with Crippen LogP contribution in [-0.2, 0) is 11.4 Å². The summed E-state index contributed by atoms with van der Waals surface area (Å²) in [4.78, 5) is 16.6. The number of carbonyl (C=O) groups excluding carboxylic acids is 1. The number of hydrogen-bond donors (Lipinski definition) is 0. The molecule has 9 heteroatoms. The van der Waals surface area contributed by atoms with E-state index in [2.05, 4.69) is 28.7 Å². The summed E-state index contributed by atoms with van der Waals surface area (Å²) in [5.41, 5.74) is 3.25. The molecule has 1 fully saturated rings. The van der Waals surface area contributed by atoms with Gasteiger partial charge in [0.05, 0.1) is 34.1 Å². The van der Waals surface area contributed by atoms with E-state index in [0.717, 1.165) is 20.4 Å². The molecule has 3 aromatic rings. The molecule has 1 aliphatic heterocycles. The Hall–Kier alpha value is -3.62. The third kappa shape index (κ3) is 5.76. The Balaban J connectivity index is 1.62. The number of amides is 1. The van der Waals surface area contributed by atoms with Gasteiger partial charge in [-0.2, -0.15) is 5.26 Å². The van der Waals surface area contributed by atoms with Crippen molar-refractivity contribution < 1.29 is 19.0 Å². The molecule has 194 valence electrons. The fraction of sp³-hybridized carbons (Fsp3) is 0.207. The number of nitrogens with zero attached hydrogens (tertiary/aromatic N) is 3. The predicted octanol–water partition coefficient (Wildman–Crippen LogP) is 6.14. The van der Waals surface area contributed by atoms with Crippen LogP contribution in [0.5, 0.6) is 17.2 Å². The Kier molecular flexibility index (Phi) is 8.86. The smallest absolute Gasteiger partial charge is 0.281 e. The maximum atomic E-state index is 13.4. The van der Waals surface area contributed by atoms with E-state index in [4.69, 9.17) is 26.4 Å². The molecule has 1 aliphatic rings. The zero-order valence-electron chi connectivity index (χ0n) is 21.2. The maximum absolute atomic E-state index is 13.4. The van der Waals surface area contributed by atoms with E-state index >= 15 is 0 Å². The molecule has 0 unspecified atom stereocenters. The van der Waals surface area contributed by atoms with Crippen LogP contribution in [0.25, 0.3) is 6.08 Å². The number of ether oxygens (including phenoxy) is 3. The molecular weight excluding hydrogens is 613 g/mol. The van der Waals surface area contributed by atoms with Crippen LogP contribution in [0.3, 0.4) is 0 Å². The van der Waals surface area contributed by atoms with Crippen molar-refractivity contribution in [3.8, 4) is 23.3 Å². The molecule has 38 heavy (non-hydrogen) atoms. The van der Waals surface area contributed by atoms with Crippen molar-refractivity contribution in [2.75, 3.05) is 25.2 Å². The second-order valence-corrected chi connectivity index (χ2v) is 9.79. The number of rotatable bonds is 9. The average Bonchev–Trinajstić information content (AvgIpc) is 3.12. The van der Waals surface area contributed by atoms with Crippen LogP contribution in [0.2, 0.25) is 0 Å². The van der Waals surface area contributed by atoms with Crippen molar-refractivity contribution in [2.24, 2.45) is 0 Å². The zero-order valence-corrected chi connectivity index (χ0v) is 24.2. The van der Waals surface area contributed by atoms with Gasteiger partial charge >= 0.3 is 0 Å². The Morgan fingerprint density at radius 1 is 1.03 bits per heavy atom. The van der Waals surface area contributed by atoms with E-state index in [1.165, 1.54) is 4.90 Å². The van der Waals surface area contributed by atoms with Gasteiger partial charge in [-0.05, 0) is 103 Å². The lowest BCUT2D eigenvalue weighted by atomic mass is 10.1. The van der Waals surface area contributed by atoms with Crippen LogP contribution in [0, 0.1) is 14.9 Å². The largest absolute Gasteiger partial charge is 0.494 e. The summed E-state index contributed by atoms with van der Waals surface area (Å²) in [5.74, 6) is 1.65. The van der Waals surface area contributed by atoms with E-state index in [1.54, 1.807) is 24.1 Å². The third-order valence-electron chi connectivity index (χ3n) is 5.81. The van der Waals surface area contributed by atoms with E-state index in [1.807, 2.05) is 68.4 Å². The Bertz CT molecular complexity index is 1430. The molecule has 0 bridgehead atoms. The molecule has 0 radical (unpaired) electrons. The highest BCUT2D eigenvalue weighted by Gasteiger charge is 2.36. The highest BCUT2D eigenvalue weighted by atomic mass is 127. The van der Waals surface area contributed by atoms with Gasteiger partial charge in [0.15, 0.2) is 16.6 Å². The summed E-state index contributed by atoms with van der Waals surface area (Å²) in [6.07, 6.45) is 1.79. The minimum absolute atomic E-state index is 0.219. The van der Waals surface area contributed by atoms with Crippen LogP contribution in [0.1, 0.15) is 30.5 Å². The van der Waals surface area contributed by atoms with Crippen molar-refractivity contribution in [3.63, 3.8) is 0 Å². The molecule has 7 nitrogen and oxygen atoms in total. The molecule has 4 rings (SSSR count). The van der Waals surface area contributed by atoms with Gasteiger partial charge in [0.2, 0.25) is 0 Å². The van der Waals surface area contributed by atoms with E-state index < -0.39 is 0 Å².